The van der Waals surface area contributed by atoms with E-state index in [0.29, 0.717) is 5.92 Å². The van der Waals surface area contributed by atoms with Crippen LogP contribution >= 0.6 is 0 Å². The summed E-state index contributed by atoms with van der Waals surface area (Å²) in [5.41, 5.74) is -0.633. The van der Waals surface area contributed by atoms with Gasteiger partial charge in [-0.2, -0.15) is 0 Å². The van der Waals surface area contributed by atoms with Crippen LogP contribution in [0, 0.1) is 17.3 Å². The predicted molar refractivity (Wildman–Crippen MR) is 65.7 cm³/mol. The highest BCUT2D eigenvalue weighted by atomic mass is 16.4. The Kier molecular flexibility index (Phi) is 3.76. The van der Waals surface area contributed by atoms with Crippen LogP contribution in [0.1, 0.15) is 58.3 Å². The first-order valence-electron chi connectivity index (χ1n) is 6.98. The number of carboxylic acid groups (broad SMARTS) is 1. The Balaban J connectivity index is 2.18. The maximum atomic E-state index is 11.7. The van der Waals surface area contributed by atoms with E-state index in [1.807, 2.05) is 0 Å². The minimum atomic E-state index is -0.671. The number of aliphatic hydroxyl groups excluding tert-OH is 1. The fourth-order valence-electron chi connectivity index (χ4n) is 3.78. The molecule has 2 atom stereocenters. The van der Waals surface area contributed by atoms with Gasteiger partial charge in [-0.3, -0.25) is 4.79 Å². The molecule has 3 heteroatoms. The average molecular weight is 240 g/mol. The molecule has 2 unspecified atom stereocenters. The van der Waals surface area contributed by atoms with E-state index in [9.17, 15) is 15.0 Å². The second kappa shape index (κ2) is 4.97. The van der Waals surface area contributed by atoms with Crippen LogP contribution in [-0.4, -0.2) is 22.3 Å². The zero-order valence-corrected chi connectivity index (χ0v) is 10.7. The van der Waals surface area contributed by atoms with Crippen LogP contribution in [-0.2, 0) is 4.79 Å². The van der Waals surface area contributed by atoms with Crippen molar-refractivity contribution in [3.63, 3.8) is 0 Å². The summed E-state index contributed by atoms with van der Waals surface area (Å²) in [4.78, 5) is 11.7. The lowest BCUT2D eigenvalue weighted by Crippen LogP contribution is -2.47. The second-order valence-corrected chi connectivity index (χ2v) is 6.10. The summed E-state index contributed by atoms with van der Waals surface area (Å²) in [5.74, 6) is -0.0418. The predicted octanol–water partition coefficient (Wildman–Crippen LogP) is 2.82. The molecule has 0 aliphatic heterocycles. The summed E-state index contributed by atoms with van der Waals surface area (Å²) in [6.45, 7) is 2.20. The van der Waals surface area contributed by atoms with Crippen LogP contribution in [0.4, 0.5) is 0 Å². The quantitative estimate of drug-likeness (QED) is 0.780. The Labute approximate surface area is 103 Å². The van der Waals surface area contributed by atoms with Gasteiger partial charge < -0.3 is 10.2 Å². The van der Waals surface area contributed by atoms with E-state index >= 15 is 0 Å². The van der Waals surface area contributed by atoms with Crippen molar-refractivity contribution in [2.45, 2.75) is 64.4 Å². The third-order valence-electron chi connectivity index (χ3n) is 5.03. The van der Waals surface area contributed by atoms with Gasteiger partial charge >= 0.3 is 5.97 Å². The molecule has 2 fully saturated rings. The molecule has 0 spiro atoms. The van der Waals surface area contributed by atoms with E-state index in [0.717, 1.165) is 51.4 Å². The zero-order chi connectivity index (χ0) is 12.5. The Hall–Kier alpha value is -0.570. The Bertz CT molecular complexity index is 279. The SMILES string of the molecule is CC1CCC(C(=O)O)(C2CCCCC2O)CC1. The number of hydrogen-bond donors (Lipinski definition) is 2. The first-order valence-corrected chi connectivity index (χ1v) is 6.98. The highest BCUT2D eigenvalue weighted by molar-refractivity contribution is 5.75. The van der Waals surface area contributed by atoms with E-state index in [1.165, 1.54) is 0 Å². The van der Waals surface area contributed by atoms with Crippen molar-refractivity contribution in [1.29, 1.82) is 0 Å². The summed E-state index contributed by atoms with van der Waals surface area (Å²) < 4.78 is 0. The van der Waals surface area contributed by atoms with Crippen LogP contribution in [0.15, 0.2) is 0 Å². The summed E-state index contributed by atoms with van der Waals surface area (Å²) in [6.07, 6.45) is 6.91. The van der Waals surface area contributed by atoms with Crippen molar-refractivity contribution in [2.24, 2.45) is 17.3 Å². The monoisotopic (exact) mass is 240 g/mol. The number of hydrogen-bond acceptors (Lipinski definition) is 2. The van der Waals surface area contributed by atoms with Gasteiger partial charge in [0.1, 0.15) is 0 Å². The van der Waals surface area contributed by atoms with Gasteiger partial charge in [0, 0.05) is 5.92 Å². The molecule has 2 aliphatic rings. The smallest absolute Gasteiger partial charge is 0.310 e. The zero-order valence-electron chi connectivity index (χ0n) is 10.7. The fraction of sp³-hybridized carbons (Fsp3) is 0.929. The molecule has 98 valence electrons. The van der Waals surface area contributed by atoms with E-state index in [1.54, 1.807) is 0 Å². The van der Waals surface area contributed by atoms with Gasteiger partial charge in [0.15, 0.2) is 0 Å². The molecule has 0 aromatic rings. The van der Waals surface area contributed by atoms with E-state index in [4.69, 9.17) is 0 Å². The number of rotatable bonds is 2. The van der Waals surface area contributed by atoms with Gasteiger partial charge in [0.2, 0.25) is 0 Å². The third-order valence-corrected chi connectivity index (χ3v) is 5.03. The molecule has 0 bridgehead atoms. The van der Waals surface area contributed by atoms with E-state index in [2.05, 4.69) is 6.92 Å². The number of carbonyl (C=O) groups is 1. The summed E-state index contributed by atoms with van der Waals surface area (Å²) in [7, 11) is 0. The van der Waals surface area contributed by atoms with Crippen molar-refractivity contribution < 1.29 is 15.0 Å². The molecule has 0 saturated heterocycles. The number of aliphatic hydroxyl groups is 1. The number of carboxylic acids is 1. The van der Waals surface area contributed by atoms with Crippen LogP contribution in [0.2, 0.25) is 0 Å². The molecular formula is C14H24O3. The van der Waals surface area contributed by atoms with Crippen LogP contribution in [0.25, 0.3) is 0 Å². The molecule has 0 heterocycles. The van der Waals surface area contributed by atoms with Gasteiger partial charge in [-0.1, -0.05) is 19.8 Å². The summed E-state index contributed by atoms with van der Waals surface area (Å²) >= 11 is 0. The van der Waals surface area contributed by atoms with E-state index in [-0.39, 0.29) is 5.92 Å². The van der Waals surface area contributed by atoms with Gasteiger partial charge in [-0.05, 0) is 44.4 Å². The van der Waals surface area contributed by atoms with Crippen molar-refractivity contribution >= 4 is 5.97 Å². The topological polar surface area (TPSA) is 57.5 Å². The van der Waals surface area contributed by atoms with E-state index < -0.39 is 17.5 Å². The standard InChI is InChI=1S/C14H24O3/c1-10-6-8-14(9-7-10,13(16)17)11-4-2-3-5-12(11)15/h10-12,15H,2-9H2,1H3,(H,16,17). The third kappa shape index (κ3) is 2.35. The normalized spacial score (nSPS) is 43.3. The Morgan fingerprint density at radius 1 is 1.12 bits per heavy atom. The minimum absolute atomic E-state index is 0.0127. The van der Waals surface area contributed by atoms with Crippen LogP contribution in [0.3, 0.4) is 0 Å². The Morgan fingerprint density at radius 2 is 1.71 bits per heavy atom. The van der Waals surface area contributed by atoms with Crippen molar-refractivity contribution in [3.8, 4) is 0 Å². The van der Waals surface area contributed by atoms with Gasteiger partial charge in [-0.25, -0.2) is 0 Å². The lowest BCUT2D eigenvalue weighted by Gasteiger charge is -2.45. The molecule has 0 aromatic carbocycles. The lowest BCUT2D eigenvalue weighted by molar-refractivity contribution is -0.162. The molecule has 0 amide bonds. The molecule has 2 N–H and O–H groups in total. The maximum absolute atomic E-state index is 11.7. The van der Waals surface area contributed by atoms with Crippen molar-refractivity contribution in [3.05, 3.63) is 0 Å². The number of aliphatic carboxylic acids is 1. The van der Waals surface area contributed by atoms with Gasteiger partial charge in [0.25, 0.3) is 0 Å². The largest absolute Gasteiger partial charge is 0.481 e. The molecular weight excluding hydrogens is 216 g/mol. The first-order chi connectivity index (χ1) is 8.06. The highest BCUT2D eigenvalue weighted by Crippen LogP contribution is 2.49. The van der Waals surface area contributed by atoms with Gasteiger partial charge in [0.05, 0.1) is 11.5 Å². The Morgan fingerprint density at radius 3 is 2.24 bits per heavy atom. The highest BCUT2D eigenvalue weighted by Gasteiger charge is 2.50. The molecule has 0 aromatic heterocycles. The molecule has 2 rings (SSSR count). The fourth-order valence-corrected chi connectivity index (χ4v) is 3.78. The molecule has 2 saturated carbocycles. The molecule has 0 radical (unpaired) electrons. The average Bonchev–Trinajstić information content (AvgIpc) is 2.31. The lowest BCUT2D eigenvalue weighted by atomic mass is 9.59. The summed E-state index contributed by atoms with van der Waals surface area (Å²) in [5, 5.41) is 19.8. The minimum Gasteiger partial charge on any atom is -0.481 e. The summed E-state index contributed by atoms with van der Waals surface area (Å²) in [6, 6.07) is 0. The van der Waals surface area contributed by atoms with Crippen molar-refractivity contribution in [1.82, 2.24) is 0 Å². The van der Waals surface area contributed by atoms with Crippen LogP contribution in [0.5, 0.6) is 0 Å². The second-order valence-electron chi connectivity index (χ2n) is 6.10. The first kappa shape index (κ1) is 12.9. The maximum Gasteiger partial charge on any atom is 0.310 e. The molecule has 3 nitrogen and oxygen atoms in total. The van der Waals surface area contributed by atoms with Crippen molar-refractivity contribution in [2.75, 3.05) is 0 Å². The molecule has 17 heavy (non-hydrogen) atoms. The molecule has 2 aliphatic carbocycles. The van der Waals surface area contributed by atoms with Gasteiger partial charge in [-0.15, -0.1) is 0 Å². The van der Waals surface area contributed by atoms with Crippen LogP contribution < -0.4 is 0 Å².